The van der Waals surface area contributed by atoms with Gasteiger partial charge in [-0.15, -0.1) is 0 Å². The average Bonchev–Trinajstić information content (AvgIpc) is 2.93. The molecule has 2 heterocycles. The molecule has 0 radical (unpaired) electrons. The standard InChI is InChI=1S/C17H24N4O2S/c1-14-17(13-20(2)19-14)24(22,23)18-11-15-7-6-10-21(12-15)16-8-4-3-5-9-16/h3-5,8-9,13,15,18H,6-7,10-12H2,1-2H3/t15-/m1/s1. The Bertz CT molecular complexity index is 786. The van der Waals surface area contributed by atoms with Gasteiger partial charge in [0.25, 0.3) is 0 Å². The summed E-state index contributed by atoms with van der Waals surface area (Å²) in [5.74, 6) is 0.311. The molecule has 1 saturated heterocycles. The maximum Gasteiger partial charge on any atom is 0.243 e. The van der Waals surface area contributed by atoms with Gasteiger partial charge in [-0.3, -0.25) is 4.68 Å². The number of anilines is 1. The first-order valence-corrected chi connectivity index (χ1v) is 9.74. The molecule has 0 saturated carbocycles. The SMILES string of the molecule is Cc1nn(C)cc1S(=O)(=O)NC[C@H]1CCCN(c2ccccc2)C1. The summed E-state index contributed by atoms with van der Waals surface area (Å²) in [4.78, 5) is 2.60. The maximum absolute atomic E-state index is 12.5. The Morgan fingerprint density at radius 3 is 2.71 bits per heavy atom. The zero-order chi connectivity index (χ0) is 17.2. The van der Waals surface area contributed by atoms with Crippen molar-refractivity contribution >= 4 is 15.7 Å². The number of nitrogens with zero attached hydrogens (tertiary/aromatic N) is 3. The number of aromatic nitrogens is 2. The number of benzene rings is 1. The molecule has 1 atom stereocenters. The van der Waals surface area contributed by atoms with Gasteiger partial charge in [0, 0.05) is 38.6 Å². The van der Waals surface area contributed by atoms with Gasteiger partial charge in [0.1, 0.15) is 4.90 Å². The maximum atomic E-state index is 12.5. The number of rotatable bonds is 5. The average molecular weight is 348 g/mol. The third-order valence-electron chi connectivity index (χ3n) is 4.46. The van der Waals surface area contributed by atoms with Gasteiger partial charge >= 0.3 is 0 Å². The number of nitrogens with one attached hydrogen (secondary N) is 1. The molecule has 6 nitrogen and oxygen atoms in total. The molecular formula is C17H24N4O2S. The van der Waals surface area contributed by atoms with E-state index in [9.17, 15) is 8.42 Å². The Morgan fingerprint density at radius 1 is 1.29 bits per heavy atom. The summed E-state index contributed by atoms with van der Waals surface area (Å²) < 4.78 is 29.3. The predicted molar refractivity (Wildman–Crippen MR) is 94.5 cm³/mol. The first-order valence-electron chi connectivity index (χ1n) is 8.25. The molecule has 1 aromatic heterocycles. The van der Waals surface area contributed by atoms with E-state index in [-0.39, 0.29) is 4.90 Å². The van der Waals surface area contributed by atoms with E-state index in [1.165, 1.54) is 10.4 Å². The van der Waals surface area contributed by atoms with Crippen LogP contribution in [0.1, 0.15) is 18.5 Å². The van der Waals surface area contributed by atoms with Gasteiger partial charge in [-0.1, -0.05) is 18.2 Å². The van der Waals surface area contributed by atoms with Crippen LogP contribution in [0.3, 0.4) is 0 Å². The van der Waals surface area contributed by atoms with E-state index in [0.29, 0.717) is 18.2 Å². The number of piperidine rings is 1. The van der Waals surface area contributed by atoms with Crippen LogP contribution in [-0.2, 0) is 17.1 Å². The Labute approximate surface area is 143 Å². The molecule has 0 spiro atoms. The van der Waals surface area contributed by atoms with Crippen LogP contribution in [0, 0.1) is 12.8 Å². The van der Waals surface area contributed by atoms with E-state index in [4.69, 9.17) is 0 Å². The molecule has 0 aliphatic carbocycles. The lowest BCUT2D eigenvalue weighted by Gasteiger charge is -2.34. The summed E-state index contributed by atoms with van der Waals surface area (Å²) in [7, 11) is -1.78. The van der Waals surface area contributed by atoms with Crippen LogP contribution >= 0.6 is 0 Å². The predicted octanol–water partition coefficient (Wildman–Crippen LogP) is 1.92. The Balaban J connectivity index is 1.63. The van der Waals surface area contributed by atoms with Gasteiger partial charge in [-0.25, -0.2) is 13.1 Å². The van der Waals surface area contributed by atoms with Crippen LogP contribution in [0.2, 0.25) is 0 Å². The summed E-state index contributed by atoms with van der Waals surface area (Å²) in [6.07, 6.45) is 3.67. The highest BCUT2D eigenvalue weighted by molar-refractivity contribution is 7.89. The van der Waals surface area contributed by atoms with Crippen molar-refractivity contribution in [3.05, 3.63) is 42.2 Å². The smallest absolute Gasteiger partial charge is 0.243 e. The Kier molecular flexibility index (Phi) is 4.91. The van der Waals surface area contributed by atoms with Crippen molar-refractivity contribution in [1.29, 1.82) is 0 Å². The minimum Gasteiger partial charge on any atom is -0.371 e. The number of hydrogen-bond donors (Lipinski definition) is 1. The third-order valence-corrected chi connectivity index (χ3v) is 5.99. The summed E-state index contributed by atoms with van der Waals surface area (Å²) in [5.41, 5.74) is 1.73. The molecule has 0 amide bonds. The number of para-hydroxylation sites is 1. The monoisotopic (exact) mass is 348 g/mol. The summed E-state index contributed by atoms with van der Waals surface area (Å²) in [6, 6.07) is 10.3. The lowest BCUT2D eigenvalue weighted by molar-refractivity contribution is 0.411. The minimum absolute atomic E-state index is 0.265. The largest absolute Gasteiger partial charge is 0.371 e. The van der Waals surface area contributed by atoms with Gasteiger partial charge in [0.15, 0.2) is 0 Å². The second-order valence-corrected chi connectivity index (χ2v) is 8.13. The first-order chi connectivity index (χ1) is 11.5. The zero-order valence-electron chi connectivity index (χ0n) is 14.1. The zero-order valence-corrected chi connectivity index (χ0v) is 15.0. The quantitative estimate of drug-likeness (QED) is 0.896. The molecule has 3 rings (SSSR count). The van der Waals surface area contributed by atoms with Crippen LogP contribution in [0.25, 0.3) is 0 Å². The molecule has 2 aromatic rings. The number of sulfonamides is 1. The van der Waals surface area contributed by atoms with Crippen LogP contribution < -0.4 is 9.62 Å². The van der Waals surface area contributed by atoms with Crippen LogP contribution in [-0.4, -0.2) is 37.8 Å². The Morgan fingerprint density at radius 2 is 2.04 bits per heavy atom. The van der Waals surface area contributed by atoms with Gasteiger partial charge in [0.2, 0.25) is 10.0 Å². The highest BCUT2D eigenvalue weighted by atomic mass is 32.2. The van der Waals surface area contributed by atoms with Gasteiger partial charge < -0.3 is 4.90 Å². The molecular weight excluding hydrogens is 324 g/mol. The molecule has 7 heteroatoms. The lowest BCUT2D eigenvalue weighted by atomic mass is 9.98. The first kappa shape index (κ1) is 17.0. The summed E-state index contributed by atoms with van der Waals surface area (Å²) in [5, 5.41) is 4.11. The lowest BCUT2D eigenvalue weighted by Crippen LogP contribution is -2.41. The van der Waals surface area contributed by atoms with Crippen LogP contribution in [0.15, 0.2) is 41.4 Å². The van der Waals surface area contributed by atoms with Crippen molar-refractivity contribution in [3.8, 4) is 0 Å². The van der Waals surface area contributed by atoms with E-state index in [0.717, 1.165) is 25.9 Å². The number of aryl methyl sites for hydroxylation is 2. The van der Waals surface area contributed by atoms with Crippen molar-refractivity contribution in [1.82, 2.24) is 14.5 Å². The molecule has 0 unspecified atom stereocenters. The van der Waals surface area contributed by atoms with Gasteiger partial charge in [0.05, 0.1) is 5.69 Å². The van der Waals surface area contributed by atoms with E-state index >= 15 is 0 Å². The van der Waals surface area contributed by atoms with Gasteiger partial charge in [-0.2, -0.15) is 5.10 Å². The molecule has 1 N–H and O–H groups in total. The van der Waals surface area contributed by atoms with Crippen molar-refractivity contribution in [2.24, 2.45) is 13.0 Å². The molecule has 24 heavy (non-hydrogen) atoms. The van der Waals surface area contributed by atoms with Crippen molar-refractivity contribution in [2.75, 3.05) is 24.5 Å². The second kappa shape index (κ2) is 6.94. The van der Waals surface area contributed by atoms with E-state index in [1.54, 1.807) is 20.2 Å². The van der Waals surface area contributed by atoms with E-state index in [2.05, 4.69) is 26.9 Å². The fraction of sp³-hybridized carbons (Fsp3) is 0.471. The minimum atomic E-state index is -3.50. The topological polar surface area (TPSA) is 67.2 Å². The molecule has 1 aliphatic heterocycles. The molecule has 130 valence electrons. The van der Waals surface area contributed by atoms with Crippen molar-refractivity contribution in [3.63, 3.8) is 0 Å². The number of hydrogen-bond acceptors (Lipinski definition) is 4. The third kappa shape index (κ3) is 3.79. The second-order valence-electron chi connectivity index (χ2n) is 6.39. The van der Waals surface area contributed by atoms with Crippen molar-refractivity contribution in [2.45, 2.75) is 24.7 Å². The summed E-state index contributed by atoms with van der Waals surface area (Å²) in [6.45, 7) is 4.07. The highest BCUT2D eigenvalue weighted by Gasteiger charge is 2.24. The Hall–Kier alpha value is -1.86. The highest BCUT2D eigenvalue weighted by Crippen LogP contribution is 2.23. The van der Waals surface area contributed by atoms with E-state index < -0.39 is 10.0 Å². The molecule has 1 aromatic carbocycles. The van der Waals surface area contributed by atoms with Crippen LogP contribution in [0.4, 0.5) is 5.69 Å². The molecule has 0 bridgehead atoms. The molecule has 1 aliphatic rings. The summed E-state index contributed by atoms with van der Waals surface area (Å²) >= 11 is 0. The van der Waals surface area contributed by atoms with E-state index in [1.807, 2.05) is 18.2 Å². The fourth-order valence-corrected chi connectivity index (χ4v) is 4.58. The van der Waals surface area contributed by atoms with Gasteiger partial charge in [-0.05, 0) is 37.8 Å². The molecule has 1 fully saturated rings. The normalized spacial score (nSPS) is 18.8. The van der Waals surface area contributed by atoms with Crippen LogP contribution in [0.5, 0.6) is 0 Å². The fourth-order valence-electron chi connectivity index (χ4n) is 3.25. The van der Waals surface area contributed by atoms with Crippen molar-refractivity contribution < 1.29 is 8.42 Å².